The van der Waals surface area contributed by atoms with Crippen LogP contribution in [-0.4, -0.2) is 18.3 Å². The average Bonchev–Trinajstić information content (AvgIpc) is 2.56. The summed E-state index contributed by atoms with van der Waals surface area (Å²) in [6.45, 7) is 12.6. The van der Waals surface area contributed by atoms with Crippen LogP contribution in [-0.2, 0) is 0 Å². The van der Waals surface area contributed by atoms with Crippen LogP contribution in [0.3, 0.4) is 0 Å². The Morgan fingerprint density at radius 2 is 2.00 bits per heavy atom. The van der Waals surface area contributed by atoms with Crippen molar-refractivity contribution in [3.05, 3.63) is 59.2 Å². The molecule has 2 nitrogen and oxygen atoms in total. The monoisotopic (exact) mass is 334 g/mol. The fourth-order valence-corrected chi connectivity index (χ4v) is 4.09. The number of aliphatic imine (C=N–C) groups is 1. The molecule has 1 aliphatic rings. The number of hydrogen-bond donors (Lipinski definition) is 0. The summed E-state index contributed by atoms with van der Waals surface area (Å²) in [5.41, 5.74) is 6.52. The highest BCUT2D eigenvalue weighted by molar-refractivity contribution is 5.83. The standard InChI is InChI=1S/C23H30N2/c1-6-12-25-22-11-10-19(14-21(22)18(3)15-23(25,4)5)16-24-20-9-7-8-17(2)13-20/h7-11,13-14,16,18H,6,12,15H2,1-5H3. The van der Waals surface area contributed by atoms with E-state index in [0.717, 1.165) is 12.2 Å². The molecule has 2 heteroatoms. The molecular weight excluding hydrogens is 304 g/mol. The van der Waals surface area contributed by atoms with Gasteiger partial charge >= 0.3 is 0 Å². The summed E-state index contributed by atoms with van der Waals surface area (Å²) < 4.78 is 0. The lowest BCUT2D eigenvalue weighted by Gasteiger charge is -2.47. The maximum absolute atomic E-state index is 4.66. The first-order valence-corrected chi connectivity index (χ1v) is 9.43. The van der Waals surface area contributed by atoms with Crippen molar-refractivity contribution in [3.8, 4) is 0 Å². The number of fused-ring (bicyclic) bond motifs is 1. The number of benzene rings is 2. The molecule has 0 N–H and O–H groups in total. The largest absolute Gasteiger partial charge is 0.366 e. The normalized spacial score (nSPS) is 19.2. The molecule has 0 saturated heterocycles. The van der Waals surface area contributed by atoms with Gasteiger partial charge in [0.25, 0.3) is 0 Å². The Labute approximate surface area is 152 Å². The second-order valence-corrected chi connectivity index (χ2v) is 7.98. The Morgan fingerprint density at radius 1 is 1.20 bits per heavy atom. The Kier molecular flexibility index (Phi) is 4.99. The minimum Gasteiger partial charge on any atom is -0.366 e. The predicted octanol–water partition coefficient (Wildman–Crippen LogP) is 6.25. The SMILES string of the molecule is CCCN1c2ccc(C=Nc3cccc(C)c3)cc2C(C)CC1(C)C. The van der Waals surface area contributed by atoms with Gasteiger partial charge in [-0.2, -0.15) is 0 Å². The van der Waals surface area contributed by atoms with E-state index in [-0.39, 0.29) is 5.54 Å². The van der Waals surface area contributed by atoms with Crippen LogP contribution in [0.15, 0.2) is 47.5 Å². The van der Waals surface area contributed by atoms with Crippen molar-refractivity contribution in [2.45, 2.75) is 58.9 Å². The first-order chi connectivity index (χ1) is 11.9. The van der Waals surface area contributed by atoms with E-state index in [9.17, 15) is 0 Å². The lowest BCUT2D eigenvalue weighted by atomic mass is 9.79. The summed E-state index contributed by atoms with van der Waals surface area (Å²) in [5, 5.41) is 0. The molecule has 2 aromatic carbocycles. The maximum Gasteiger partial charge on any atom is 0.0632 e. The van der Waals surface area contributed by atoms with Crippen LogP contribution >= 0.6 is 0 Å². The Morgan fingerprint density at radius 3 is 2.72 bits per heavy atom. The number of hydrogen-bond acceptors (Lipinski definition) is 2. The molecule has 1 aliphatic heterocycles. The van der Waals surface area contributed by atoms with Gasteiger partial charge in [0.2, 0.25) is 0 Å². The lowest BCUT2D eigenvalue weighted by Crippen LogP contribution is -2.48. The number of rotatable bonds is 4. The van der Waals surface area contributed by atoms with E-state index >= 15 is 0 Å². The third-order valence-electron chi connectivity index (χ3n) is 5.22. The Balaban J connectivity index is 1.92. The molecular formula is C23H30N2. The minimum absolute atomic E-state index is 0.222. The van der Waals surface area contributed by atoms with Gasteiger partial charge in [0.15, 0.2) is 0 Å². The van der Waals surface area contributed by atoms with E-state index in [0.29, 0.717) is 5.92 Å². The van der Waals surface area contributed by atoms with Crippen molar-refractivity contribution in [2.24, 2.45) is 4.99 Å². The average molecular weight is 335 g/mol. The fourth-order valence-electron chi connectivity index (χ4n) is 4.09. The Hall–Kier alpha value is -2.09. The van der Waals surface area contributed by atoms with Crippen LogP contribution < -0.4 is 4.90 Å². The van der Waals surface area contributed by atoms with Gasteiger partial charge in [-0.3, -0.25) is 4.99 Å². The maximum atomic E-state index is 4.66. The van der Waals surface area contributed by atoms with Crippen LogP contribution in [0.1, 0.15) is 63.1 Å². The molecule has 0 aromatic heterocycles. The molecule has 25 heavy (non-hydrogen) atoms. The third kappa shape index (κ3) is 3.78. The molecule has 1 atom stereocenters. The molecule has 0 bridgehead atoms. The Bertz CT molecular complexity index is 773. The van der Waals surface area contributed by atoms with Gasteiger partial charge < -0.3 is 4.90 Å². The summed E-state index contributed by atoms with van der Waals surface area (Å²) >= 11 is 0. The molecule has 0 radical (unpaired) electrons. The second-order valence-electron chi connectivity index (χ2n) is 7.98. The summed E-state index contributed by atoms with van der Waals surface area (Å²) in [6.07, 6.45) is 4.36. The molecule has 0 fully saturated rings. The predicted molar refractivity (Wildman–Crippen MR) is 110 cm³/mol. The van der Waals surface area contributed by atoms with Crippen molar-refractivity contribution in [3.63, 3.8) is 0 Å². The van der Waals surface area contributed by atoms with Crippen LogP contribution in [0.25, 0.3) is 0 Å². The van der Waals surface area contributed by atoms with Gasteiger partial charge in [-0.25, -0.2) is 0 Å². The van der Waals surface area contributed by atoms with Crippen molar-refractivity contribution in [1.29, 1.82) is 0 Å². The minimum atomic E-state index is 0.222. The number of anilines is 1. The van der Waals surface area contributed by atoms with Crippen molar-refractivity contribution in [2.75, 3.05) is 11.4 Å². The molecule has 0 spiro atoms. The van der Waals surface area contributed by atoms with Crippen LogP contribution in [0.4, 0.5) is 11.4 Å². The lowest BCUT2D eigenvalue weighted by molar-refractivity contribution is 0.376. The molecule has 0 aliphatic carbocycles. The van der Waals surface area contributed by atoms with Gasteiger partial charge in [-0.15, -0.1) is 0 Å². The molecule has 1 heterocycles. The van der Waals surface area contributed by atoms with E-state index in [1.54, 1.807) is 0 Å². The third-order valence-corrected chi connectivity index (χ3v) is 5.22. The molecule has 1 unspecified atom stereocenters. The van der Waals surface area contributed by atoms with Gasteiger partial charge in [0, 0.05) is 24.0 Å². The summed E-state index contributed by atoms with van der Waals surface area (Å²) in [6, 6.07) is 15.1. The van der Waals surface area contributed by atoms with Gasteiger partial charge in [-0.05, 0) is 80.5 Å². The second kappa shape index (κ2) is 7.03. The zero-order valence-electron chi connectivity index (χ0n) is 16.2. The van der Waals surface area contributed by atoms with E-state index < -0.39 is 0 Å². The van der Waals surface area contributed by atoms with E-state index in [4.69, 9.17) is 0 Å². The summed E-state index contributed by atoms with van der Waals surface area (Å²) in [7, 11) is 0. The van der Waals surface area contributed by atoms with Crippen LogP contribution in [0.2, 0.25) is 0 Å². The van der Waals surface area contributed by atoms with Crippen molar-refractivity contribution < 1.29 is 0 Å². The summed E-state index contributed by atoms with van der Waals surface area (Å²) in [4.78, 5) is 7.24. The topological polar surface area (TPSA) is 15.6 Å². The number of aryl methyl sites for hydroxylation is 1. The number of nitrogens with zero attached hydrogens (tertiary/aromatic N) is 2. The quantitative estimate of drug-likeness (QED) is 0.604. The van der Waals surface area contributed by atoms with Crippen molar-refractivity contribution >= 4 is 17.6 Å². The van der Waals surface area contributed by atoms with Gasteiger partial charge in [0.05, 0.1) is 5.69 Å². The highest BCUT2D eigenvalue weighted by Crippen LogP contribution is 2.43. The zero-order chi connectivity index (χ0) is 18.0. The molecule has 132 valence electrons. The first kappa shape index (κ1) is 17.7. The van der Waals surface area contributed by atoms with E-state index in [2.05, 4.69) is 87.0 Å². The van der Waals surface area contributed by atoms with Gasteiger partial charge in [0.1, 0.15) is 0 Å². The van der Waals surface area contributed by atoms with Crippen LogP contribution in [0, 0.1) is 6.92 Å². The van der Waals surface area contributed by atoms with Gasteiger partial charge in [-0.1, -0.05) is 32.0 Å². The molecule has 0 amide bonds. The van der Waals surface area contributed by atoms with E-state index in [1.165, 1.54) is 35.2 Å². The molecule has 3 rings (SSSR count). The van der Waals surface area contributed by atoms with Crippen molar-refractivity contribution in [1.82, 2.24) is 0 Å². The first-order valence-electron chi connectivity index (χ1n) is 9.43. The zero-order valence-corrected chi connectivity index (χ0v) is 16.2. The van der Waals surface area contributed by atoms with Crippen LogP contribution in [0.5, 0.6) is 0 Å². The highest BCUT2D eigenvalue weighted by Gasteiger charge is 2.35. The summed E-state index contributed by atoms with van der Waals surface area (Å²) in [5.74, 6) is 0.574. The molecule has 0 saturated carbocycles. The smallest absolute Gasteiger partial charge is 0.0632 e. The molecule has 2 aromatic rings. The van der Waals surface area contributed by atoms with E-state index in [1.807, 2.05) is 6.21 Å². The highest BCUT2D eigenvalue weighted by atomic mass is 15.2. The fraction of sp³-hybridized carbons (Fsp3) is 0.435.